The molecule has 0 bridgehead atoms. The molecule has 1 aliphatic rings. The van der Waals surface area contributed by atoms with E-state index in [-0.39, 0.29) is 30.5 Å². The summed E-state index contributed by atoms with van der Waals surface area (Å²) in [5, 5.41) is 6.92. The van der Waals surface area contributed by atoms with E-state index in [4.69, 9.17) is 9.15 Å². The van der Waals surface area contributed by atoms with Crippen LogP contribution in [0.5, 0.6) is 0 Å². The molecule has 1 saturated heterocycles. The molecule has 4 rings (SSSR count). The monoisotopic (exact) mass is 393 g/mol. The summed E-state index contributed by atoms with van der Waals surface area (Å²) in [7, 11) is 0. The third-order valence-electron chi connectivity index (χ3n) is 4.20. The fraction of sp³-hybridized carbons (Fsp3) is 0.333. The van der Waals surface area contributed by atoms with Gasteiger partial charge in [-0.15, -0.1) is 23.7 Å². The number of rotatable bonds is 4. The Morgan fingerprint density at radius 2 is 2.19 bits per heavy atom. The van der Waals surface area contributed by atoms with E-state index < -0.39 is 0 Å². The summed E-state index contributed by atoms with van der Waals surface area (Å²) in [6.45, 7) is 3.56. The first kappa shape index (κ1) is 18.8. The zero-order valence-corrected chi connectivity index (χ0v) is 15.9. The van der Waals surface area contributed by atoms with Crippen molar-refractivity contribution in [2.45, 2.75) is 25.6 Å². The van der Waals surface area contributed by atoms with Gasteiger partial charge in [0.2, 0.25) is 5.91 Å². The van der Waals surface area contributed by atoms with Crippen molar-refractivity contribution in [1.82, 2.24) is 15.6 Å². The van der Waals surface area contributed by atoms with Crippen LogP contribution in [0.25, 0.3) is 21.0 Å². The van der Waals surface area contributed by atoms with E-state index in [2.05, 4.69) is 15.6 Å². The van der Waals surface area contributed by atoms with Gasteiger partial charge in [-0.1, -0.05) is 12.1 Å². The molecule has 0 saturated carbocycles. The number of thiazole rings is 1. The number of hydrogen-bond donors (Lipinski definition) is 2. The molecule has 0 unspecified atom stereocenters. The number of ether oxygens (including phenoxy) is 1. The number of benzene rings is 1. The molecule has 0 spiro atoms. The molecule has 0 radical (unpaired) electrons. The van der Waals surface area contributed by atoms with Crippen molar-refractivity contribution in [2.75, 3.05) is 13.2 Å². The van der Waals surface area contributed by atoms with Crippen LogP contribution in [0.1, 0.15) is 12.7 Å². The van der Waals surface area contributed by atoms with Crippen LogP contribution in [-0.2, 0) is 16.1 Å². The highest BCUT2D eigenvalue weighted by molar-refractivity contribution is 7.21. The minimum atomic E-state index is -0.326. The predicted octanol–water partition coefficient (Wildman–Crippen LogP) is 2.97. The van der Waals surface area contributed by atoms with E-state index in [1.165, 1.54) is 0 Å². The Labute approximate surface area is 161 Å². The molecule has 3 aromatic rings. The summed E-state index contributed by atoms with van der Waals surface area (Å²) in [6, 6.07) is 11.4. The number of nitrogens with zero attached hydrogens (tertiary/aromatic N) is 1. The smallest absolute Gasteiger partial charge is 0.240 e. The Morgan fingerprint density at radius 3 is 3.00 bits per heavy atom. The number of carbonyl (C=O) groups excluding carboxylic acids is 1. The number of fused-ring (bicyclic) bond motifs is 1. The zero-order chi connectivity index (χ0) is 17.2. The molecular formula is C18H20ClN3O3S. The molecule has 2 N–H and O–H groups in total. The second kappa shape index (κ2) is 8.18. The van der Waals surface area contributed by atoms with Gasteiger partial charge in [0.05, 0.1) is 29.5 Å². The third-order valence-corrected chi connectivity index (χ3v) is 5.25. The highest BCUT2D eigenvalue weighted by Gasteiger charge is 2.28. The number of nitrogens with one attached hydrogen (secondary N) is 2. The van der Waals surface area contributed by atoms with Gasteiger partial charge in [-0.2, -0.15) is 0 Å². The lowest BCUT2D eigenvalue weighted by molar-refractivity contribution is -0.129. The molecule has 1 aromatic carbocycles. The largest absolute Gasteiger partial charge is 0.457 e. The van der Waals surface area contributed by atoms with Gasteiger partial charge in [-0.25, -0.2) is 4.98 Å². The maximum Gasteiger partial charge on any atom is 0.240 e. The maximum absolute atomic E-state index is 12.3. The molecule has 2 aromatic heterocycles. The molecule has 1 aliphatic heterocycles. The fourth-order valence-electron chi connectivity index (χ4n) is 2.88. The molecule has 26 heavy (non-hydrogen) atoms. The Bertz CT molecular complexity index is 862. The van der Waals surface area contributed by atoms with Crippen LogP contribution in [0, 0.1) is 0 Å². The van der Waals surface area contributed by atoms with Crippen LogP contribution >= 0.6 is 23.7 Å². The molecule has 8 heteroatoms. The Balaban J connectivity index is 0.00000196. The molecule has 138 valence electrons. The normalized spacial score (nSPS) is 19.9. The first-order valence-electron chi connectivity index (χ1n) is 8.28. The number of aromatic nitrogens is 1. The van der Waals surface area contributed by atoms with E-state index in [1.54, 1.807) is 11.3 Å². The topological polar surface area (TPSA) is 76.4 Å². The van der Waals surface area contributed by atoms with Gasteiger partial charge in [-0.3, -0.25) is 4.79 Å². The average Bonchev–Trinajstić information content (AvgIpc) is 3.26. The SMILES string of the molecule is C[C@H]1OCCN[C@@H]1C(=O)NCc1ccc(-c2nc3ccccc3s2)o1.Cl. The number of para-hydroxylation sites is 1. The van der Waals surface area contributed by atoms with Gasteiger partial charge >= 0.3 is 0 Å². The summed E-state index contributed by atoms with van der Waals surface area (Å²) in [5.74, 6) is 1.34. The van der Waals surface area contributed by atoms with Crippen molar-refractivity contribution in [3.63, 3.8) is 0 Å². The number of carbonyl (C=O) groups is 1. The molecule has 2 atom stereocenters. The zero-order valence-electron chi connectivity index (χ0n) is 14.2. The minimum Gasteiger partial charge on any atom is -0.457 e. The summed E-state index contributed by atoms with van der Waals surface area (Å²) in [6.07, 6.45) is -0.135. The van der Waals surface area contributed by atoms with Crippen LogP contribution in [-0.4, -0.2) is 36.2 Å². The van der Waals surface area contributed by atoms with Crippen LogP contribution in [0.3, 0.4) is 0 Å². The van der Waals surface area contributed by atoms with Crippen molar-refractivity contribution >= 4 is 39.9 Å². The first-order chi connectivity index (χ1) is 12.2. The molecule has 1 fully saturated rings. The van der Waals surface area contributed by atoms with E-state index in [0.29, 0.717) is 25.5 Å². The van der Waals surface area contributed by atoms with E-state index in [0.717, 1.165) is 21.0 Å². The Kier molecular flexibility index (Phi) is 5.93. The second-order valence-electron chi connectivity index (χ2n) is 5.98. The van der Waals surface area contributed by atoms with Crippen molar-refractivity contribution in [2.24, 2.45) is 0 Å². The van der Waals surface area contributed by atoms with Gasteiger partial charge in [-0.05, 0) is 31.2 Å². The van der Waals surface area contributed by atoms with E-state index in [9.17, 15) is 4.79 Å². The van der Waals surface area contributed by atoms with Gasteiger partial charge in [0, 0.05) is 6.54 Å². The van der Waals surface area contributed by atoms with E-state index in [1.807, 2.05) is 43.3 Å². The van der Waals surface area contributed by atoms with Crippen molar-refractivity contribution in [3.8, 4) is 10.8 Å². The van der Waals surface area contributed by atoms with Crippen LogP contribution in [0.2, 0.25) is 0 Å². The molecule has 0 aliphatic carbocycles. The lowest BCUT2D eigenvalue weighted by Crippen LogP contribution is -2.55. The quantitative estimate of drug-likeness (QED) is 0.712. The Morgan fingerprint density at radius 1 is 1.35 bits per heavy atom. The predicted molar refractivity (Wildman–Crippen MR) is 104 cm³/mol. The van der Waals surface area contributed by atoms with Crippen molar-refractivity contribution in [1.29, 1.82) is 0 Å². The molecule has 6 nitrogen and oxygen atoms in total. The highest BCUT2D eigenvalue weighted by Crippen LogP contribution is 2.31. The van der Waals surface area contributed by atoms with Crippen LogP contribution in [0.4, 0.5) is 0 Å². The summed E-state index contributed by atoms with van der Waals surface area (Å²) in [5.41, 5.74) is 0.964. The van der Waals surface area contributed by atoms with E-state index >= 15 is 0 Å². The van der Waals surface area contributed by atoms with Gasteiger partial charge < -0.3 is 19.8 Å². The van der Waals surface area contributed by atoms with Gasteiger partial charge in [0.15, 0.2) is 10.8 Å². The lowest BCUT2D eigenvalue weighted by atomic mass is 10.1. The number of furan rings is 1. The molecule has 1 amide bonds. The second-order valence-corrected chi connectivity index (χ2v) is 7.01. The molecule has 3 heterocycles. The number of morpholine rings is 1. The Hall–Kier alpha value is -1.93. The number of hydrogen-bond acceptors (Lipinski definition) is 6. The van der Waals surface area contributed by atoms with Crippen LogP contribution < -0.4 is 10.6 Å². The summed E-state index contributed by atoms with van der Waals surface area (Å²) >= 11 is 1.59. The van der Waals surface area contributed by atoms with Gasteiger partial charge in [0.25, 0.3) is 0 Å². The number of halogens is 1. The van der Waals surface area contributed by atoms with Crippen molar-refractivity contribution in [3.05, 3.63) is 42.2 Å². The lowest BCUT2D eigenvalue weighted by Gasteiger charge is -2.29. The summed E-state index contributed by atoms with van der Waals surface area (Å²) < 4.78 is 12.5. The van der Waals surface area contributed by atoms with Crippen LogP contribution in [0.15, 0.2) is 40.8 Å². The molecular weight excluding hydrogens is 374 g/mol. The number of amides is 1. The maximum atomic E-state index is 12.3. The standard InChI is InChI=1S/C18H19N3O3S.ClH/c1-11-16(19-8-9-23-11)17(22)20-10-12-6-7-14(24-12)18-21-13-4-2-3-5-15(13)25-18;/h2-7,11,16,19H,8-10H2,1H3,(H,20,22);1H/t11-,16+;/m1./s1. The minimum absolute atomic E-state index is 0. The summed E-state index contributed by atoms with van der Waals surface area (Å²) in [4.78, 5) is 16.9. The average molecular weight is 394 g/mol. The highest BCUT2D eigenvalue weighted by atomic mass is 35.5. The third kappa shape index (κ3) is 3.91. The van der Waals surface area contributed by atoms with Gasteiger partial charge in [0.1, 0.15) is 11.8 Å². The first-order valence-corrected chi connectivity index (χ1v) is 9.10. The van der Waals surface area contributed by atoms with Crippen molar-refractivity contribution < 1.29 is 13.9 Å². The fourth-order valence-corrected chi connectivity index (χ4v) is 3.80.